The lowest BCUT2D eigenvalue weighted by atomic mass is 9.97. The maximum absolute atomic E-state index is 13.6. The molecule has 0 bridgehead atoms. The third kappa shape index (κ3) is 6.88. The Kier molecular flexibility index (Phi) is 9.44. The summed E-state index contributed by atoms with van der Waals surface area (Å²) in [6.07, 6.45) is 2.61. The molecule has 0 saturated carbocycles. The van der Waals surface area contributed by atoms with Gasteiger partial charge in [0.05, 0.1) is 26.3 Å². The molecule has 2 amide bonds. The molecule has 1 N–H and O–H groups in total. The zero-order valence-corrected chi connectivity index (χ0v) is 23.1. The van der Waals surface area contributed by atoms with Crippen molar-refractivity contribution in [3.8, 4) is 23.5 Å². The van der Waals surface area contributed by atoms with E-state index in [0.29, 0.717) is 50.5 Å². The normalized spacial score (nSPS) is 20.4. The number of hydrogen-bond donors (Lipinski definition) is 1. The highest BCUT2D eigenvalue weighted by Crippen LogP contribution is 2.28. The SMILES string of the molecule is COc1cccc(C#Cc2cnc3c(c2)C(=O)N([C@H](C)CO)C[C@@H](C)[C@@H](CN(C)C(=O)C2CCOCC2)O3)c1. The van der Waals surface area contributed by atoms with Crippen molar-refractivity contribution in [2.75, 3.05) is 47.1 Å². The molecule has 1 fully saturated rings. The predicted octanol–water partition coefficient (Wildman–Crippen LogP) is 2.60. The molecule has 3 atom stereocenters. The Bertz CT molecular complexity index is 1230. The van der Waals surface area contributed by atoms with Crippen LogP contribution in [-0.2, 0) is 9.53 Å². The highest BCUT2D eigenvalue weighted by Gasteiger charge is 2.35. The van der Waals surface area contributed by atoms with Crippen LogP contribution in [0.4, 0.5) is 0 Å². The van der Waals surface area contributed by atoms with Gasteiger partial charge in [-0.3, -0.25) is 9.59 Å². The van der Waals surface area contributed by atoms with Gasteiger partial charge in [0.15, 0.2) is 0 Å². The topological polar surface area (TPSA) is 101 Å². The number of rotatable bonds is 6. The summed E-state index contributed by atoms with van der Waals surface area (Å²) in [5.41, 5.74) is 1.61. The van der Waals surface area contributed by atoms with E-state index in [1.165, 1.54) is 0 Å². The summed E-state index contributed by atoms with van der Waals surface area (Å²) >= 11 is 0. The van der Waals surface area contributed by atoms with Crippen LogP contribution < -0.4 is 9.47 Å². The molecule has 0 aliphatic carbocycles. The van der Waals surface area contributed by atoms with Crippen LogP contribution in [0.25, 0.3) is 0 Å². The fraction of sp³-hybridized carbons (Fsp3) is 0.500. The molecule has 208 valence electrons. The van der Waals surface area contributed by atoms with Crippen molar-refractivity contribution in [3.63, 3.8) is 0 Å². The van der Waals surface area contributed by atoms with E-state index >= 15 is 0 Å². The summed E-state index contributed by atoms with van der Waals surface area (Å²) in [5.74, 6) is 6.69. The van der Waals surface area contributed by atoms with E-state index in [0.717, 1.165) is 5.56 Å². The number of aliphatic hydroxyl groups excluding tert-OH is 1. The number of pyridine rings is 1. The summed E-state index contributed by atoms with van der Waals surface area (Å²) in [4.78, 5) is 34.6. The van der Waals surface area contributed by atoms with Gasteiger partial charge in [0.2, 0.25) is 11.8 Å². The second-order valence-corrected chi connectivity index (χ2v) is 10.3. The molecule has 39 heavy (non-hydrogen) atoms. The van der Waals surface area contributed by atoms with Crippen LogP contribution in [0, 0.1) is 23.7 Å². The number of carbonyl (C=O) groups is 2. The van der Waals surface area contributed by atoms with Gasteiger partial charge in [-0.15, -0.1) is 0 Å². The Balaban J connectivity index is 1.62. The molecule has 2 aromatic rings. The Morgan fingerprint density at radius 1 is 1.26 bits per heavy atom. The van der Waals surface area contributed by atoms with Gasteiger partial charge in [0.25, 0.3) is 5.91 Å². The molecule has 0 unspecified atom stereocenters. The number of amides is 2. The third-order valence-electron chi connectivity index (χ3n) is 7.34. The van der Waals surface area contributed by atoms with E-state index in [1.54, 1.807) is 36.2 Å². The average molecular weight is 536 g/mol. The van der Waals surface area contributed by atoms with E-state index in [-0.39, 0.29) is 41.7 Å². The maximum Gasteiger partial charge on any atom is 0.259 e. The molecule has 9 nitrogen and oxygen atoms in total. The van der Waals surface area contributed by atoms with E-state index < -0.39 is 12.1 Å². The summed E-state index contributed by atoms with van der Waals surface area (Å²) in [6, 6.07) is 8.69. The van der Waals surface area contributed by atoms with Crippen molar-refractivity contribution in [3.05, 3.63) is 53.2 Å². The van der Waals surface area contributed by atoms with Crippen LogP contribution >= 0.6 is 0 Å². The molecule has 3 heterocycles. The van der Waals surface area contributed by atoms with Crippen LogP contribution in [0.3, 0.4) is 0 Å². The monoisotopic (exact) mass is 535 g/mol. The van der Waals surface area contributed by atoms with Gasteiger partial charge in [-0.25, -0.2) is 4.98 Å². The summed E-state index contributed by atoms with van der Waals surface area (Å²) in [5, 5.41) is 9.90. The number of fused-ring (bicyclic) bond motifs is 1. The fourth-order valence-electron chi connectivity index (χ4n) is 4.85. The highest BCUT2D eigenvalue weighted by molar-refractivity contribution is 5.97. The first-order chi connectivity index (χ1) is 18.8. The molecule has 1 aromatic heterocycles. The lowest BCUT2D eigenvalue weighted by Gasteiger charge is -2.38. The molecule has 9 heteroatoms. The number of benzene rings is 1. The molecule has 4 rings (SSSR count). The number of hydrogen-bond acceptors (Lipinski definition) is 7. The smallest absolute Gasteiger partial charge is 0.259 e. The van der Waals surface area contributed by atoms with Crippen molar-refractivity contribution in [2.24, 2.45) is 11.8 Å². The standard InChI is InChI=1S/C30H37N3O6/c1-20-17-33(21(2)19-34)30(36)26-15-23(9-8-22-6-5-7-25(14-22)37-4)16-31-28(26)39-27(20)18-32(3)29(35)24-10-12-38-13-11-24/h5-7,14-16,20-21,24,27,34H,10-13,17-19H2,1-4H3/t20-,21-,27-/m1/s1. The quantitative estimate of drug-likeness (QED) is 0.568. The first-order valence-corrected chi connectivity index (χ1v) is 13.4. The van der Waals surface area contributed by atoms with E-state index in [1.807, 2.05) is 38.1 Å². The molecule has 1 aromatic carbocycles. The number of aliphatic hydroxyl groups is 1. The van der Waals surface area contributed by atoms with Crippen molar-refractivity contribution >= 4 is 11.8 Å². The van der Waals surface area contributed by atoms with E-state index in [9.17, 15) is 14.7 Å². The molecule has 2 aliphatic heterocycles. The third-order valence-corrected chi connectivity index (χ3v) is 7.34. The summed E-state index contributed by atoms with van der Waals surface area (Å²) in [7, 11) is 3.39. The minimum atomic E-state index is -0.403. The second kappa shape index (κ2) is 13.0. The van der Waals surface area contributed by atoms with Crippen LogP contribution in [0.2, 0.25) is 0 Å². The van der Waals surface area contributed by atoms with E-state index in [2.05, 4.69) is 16.8 Å². The Hall–Kier alpha value is -3.61. The fourth-order valence-corrected chi connectivity index (χ4v) is 4.85. The van der Waals surface area contributed by atoms with Crippen LogP contribution in [0.15, 0.2) is 36.5 Å². The van der Waals surface area contributed by atoms with Crippen LogP contribution in [-0.4, -0.2) is 90.9 Å². The van der Waals surface area contributed by atoms with Crippen molar-refractivity contribution < 1.29 is 28.9 Å². The van der Waals surface area contributed by atoms with Crippen molar-refractivity contribution in [1.82, 2.24) is 14.8 Å². The number of methoxy groups -OCH3 is 1. The zero-order valence-electron chi connectivity index (χ0n) is 23.1. The highest BCUT2D eigenvalue weighted by atomic mass is 16.5. The van der Waals surface area contributed by atoms with Crippen molar-refractivity contribution in [2.45, 2.75) is 38.8 Å². The largest absolute Gasteiger partial charge is 0.497 e. The lowest BCUT2D eigenvalue weighted by Crippen LogP contribution is -2.51. The van der Waals surface area contributed by atoms with Crippen LogP contribution in [0.5, 0.6) is 11.6 Å². The Labute approximate surface area is 230 Å². The second-order valence-electron chi connectivity index (χ2n) is 10.3. The number of carbonyl (C=O) groups excluding carboxylic acids is 2. The van der Waals surface area contributed by atoms with Gasteiger partial charge < -0.3 is 29.1 Å². The first-order valence-electron chi connectivity index (χ1n) is 13.4. The zero-order chi connectivity index (χ0) is 27.9. The molecule has 0 spiro atoms. The lowest BCUT2D eigenvalue weighted by molar-refractivity contribution is -0.138. The van der Waals surface area contributed by atoms with Crippen LogP contribution in [0.1, 0.15) is 48.2 Å². The maximum atomic E-state index is 13.6. The van der Waals surface area contributed by atoms with Gasteiger partial charge in [0, 0.05) is 56.0 Å². The van der Waals surface area contributed by atoms with Gasteiger partial charge in [-0.1, -0.05) is 24.8 Å². The van der Waals surface area contributed by atoms with Gasteiger partial charge in [0.1, 0.15) is 17.4 Å². The molecular formula is C30H37N3O6. The number of aromatic nitrogens is 1. The van der Waals surface area contributed by atoms with Crippen molar-refractivity contribution in [1.29, 1.82) is 0 Å². The first kappa shape index (κ1) is 28.4. The molecule has 2 aliphatic rings. The van der Waals surface area contributed by atoms with E-state index in [4.69, 9.17) is 14.2 Å². The number of ether oxygens (including phenoxy) is 3. The molecule has 1 saturated heterocycles. The van der Waals surface area contributed by atoms with Gasteiger partial charge in [-0.05, 0) is 44.0 Å². The minimum Gasteiger partial charge on any atom is -0.497 e. The average Bonchev–Trinajstić information content (AvgIpc) is 2.97. The van der Waals surface area contributed by atoms with Gasteiger partial charge >= 0.3 is 0 Å². The number of likely N-dealkylation sites (N-methyl/N-ethyl adjacent to an activating group) is 1. The Morgan fingerprint density at radius 2 is 2.00 bits per heavy atom. The molecule has 0 radical (unpaired) electrons. The number of nitrogens with zero attached hydrogens (tertiary/aromatic N) is 3. The van der Waals surface area contributed by atoms with Gasteiger partial charge in [-0.2, -0.15) is 0 Å². The minimum absolute atomic E-state index is 0.0591. The predicted molar refractivity (Wildman–Crippen MR) is 146 cm³/mol. The summed E-state index contributed by atoms with van der Waals surface area (Å²) < 4.78 is 17.0. The summed E-state index contributed by atoms with van der Waals surface area (Å²) in [6.45, 7) is 5.52. The Morgan fingerprint density at radius 3 is 2.72 bits per heavy atom. The molecular weight excluding hydrogens is 498 g/mol.